The SMILES string of the molecule is Cc1nc(SCC(=O)c2ccc(CNC(=O)CO)s2)c2cc(F)ccc2n1. The molecule has 0 aliphatic rings. The average molecular weight is 405 g/mol. The maximum Gasteiger partial charge on any atom is 0.246 e. The van der Waals surface area contributed by atoms with Gasteiger partial charge < -0.3 is 10.4 Å². The number of aryl methyl sites for hydroxylation is 1. The molecule has 0 saturated heterocycles. The fourth-order valence-corrected chi connectivity index (χ4v) is 4.28. The number of carbonyl (C=O) groups is 2. The van der Waals surface area contributed by atoms with Gasteiger partial charge in [-0.15, -0.1) is 11.3 Å². The van der Waals surface area contributed by atoms with E-state index in [9.17, 15) is 14.0 Å². The number of rotatable bonds is 7. The van der Waals surface area contributed by atoms with Gasteiger partial charge in [0.25, 0.3) is 0 Å². The van der Waals surface area contributed by atoms with Crippen LogP contribution in [0.15, 0.2) is 35.4 Å². The largest absolute Gasteiger partial charge is 0.387 e. The first kappa shape index (κ1) is 19.4. The number of nitrogens with one attached hydrogen (secondary N) is 1. The Labute approximate surface area is 162 Å². The molecule has 0 spiro atoms. The minimum atomic E-state index is -0.569. The molecular formula is C18H16FN3O3S2. The molecule has 9 heteroatoms. The van der Waals surface area contributed by atoms with E-state index in [1.165, 1.54) is 35.2 Å². The number of aliphatic hydroxyl groups is 1. The van der Waals surface area contributed by atoms with Crippen LogP contribution in [0.5, 0.6) is 0 Å². The van der Waals surface area contributed by atoms with E-state index in [0.29, 0.717) is 26.6 Å². The molecule has 27 heavy (non-hydrogen) atoms. The van der Waals surface area contributed by atoms with E-state index in [1.54, 1.807) is 25.1 Å². The van der Waals surface area contributed by atoms with Crippen LogP contribution in [0.1, 0.15) is 20.4 Å². The number of carbonyl (C=O) groups excluding carboxylic acids is 2. The Morgan fingerprint density at radius 2 is 2.07 bits per heavy atom. The molecule has 0 bridgehead atoms. The summed E-state index contributed by atoms with van der Waals surface area (Å²) in [5.41, 5.74) is 0.636. The summed E-state index contributed by atoms with van der Waals surface area (Å²) in [7, 11) is 0. The number of benzene rings is 1. The van der Waals surface area contributed by atoms with E-state index < -0.39 is 12.5 Å². The highest BCUT2D eigenvalue weighted by Crippen LogP contribution is 2.27. The van der Waals surface area contributed by atoms with Crippen molar-refractivity contribution in [1.82, 2.24) is 15.3 Å². The molecule has 3 aromatic rings. The zero-order valence-electron chi connectivity index (χ0n) is 14.4. The maximum absolute atomic E-state index is 13.6. The number of hydrogen-bond donors (Lipinski definition) is 2. The van der Waals surface area contributed by atoms with Crippen LogP contribution in [0, 0.1) is 12.7 Å². The second kappa shape index (κ2) is 8.55. The topological polar surface area (TPSA) is 92.2 Å². The van der Waals surface area contributed by atoms with E-state index in [1.807, 2.05) is 0 Å². The molecule has 0 unspecified atom stereocenters. The van der Waals surface area contributed by atoms with Gasteiger partial charge in [-0.2, -0.15) is 0 Å². The van der Waals surface area contributed by atoms with Crippen LogP contribution in [-0.4, -0.2) is 39.1 Å². The summed E-state index contributed by atoms with van der Waals surface area (Å²) in [4.78, 5) is 33.5. The molecule has 0 aliphatic heterocycles. The zero-order valence-corrected chi connectivity index (χ0v) is 16.0. The molecule has 2 aromatic heterocycles. The maximum atomic E-state index is 13.6. The molecule has 1 amide bonds. The van der Waals surface area contributed by atoms with E-state index in [0.717, 1.165) is 4.88 Å². The summed E-state index contributed by atoms with van der Waals surface area (Å²) in [6.45, 7) is 1.45. The first-order chi connectivity index (χ1) is 13.0. The summed E-state index contributed by atoms with van der Waals surface area (Å²) >= 11 is 2.53. The highest BCUT2D eigenvalue weighted by Gasteiger charge is 2.14. The third kappa shape index (κ3) is 4.88. The Bertz CT molecular complexity index is 1010. The van der Waals surface area contributed by atoms with Crippen molar-refractivity contribution >= 4 is 45.7 Å². The number of Topliss-reactive ketones (excluding diaryl/α,β-unsaturated/α-hetero) is 1. The fourth-order valence-electron chi connectivity index (χ4n) is 2.36. The van der Waals surface area contributed by atoms with Crippen LogP contribution in [-0.2, 0) is 11.3 Å². The molecule has 2 heterocycles. The normalized spacial score (nSPS) is 10.9. The number of fused-ring (bicyclic) bond motifs is 1. The Kier molecular flexibility index (Phi) is 6.15. The van der Waals surface area contributed by atoms with Crippen molar-refractivity contribution in [1.29, 1.82) is 0 Å². The second-order valence-corrected chi connectivity index (χ2v) is 7.78. The Hall–Kier alpha value is -2.36. The third-order valence-corrected chi connectivity index (χ3v) is 5.73. The van der Waals surface area contributed by atoms with E-state index in [4.69, 9.17) is 5.11 Å². The minimum Gasteiger partial charge on any atom is -0.387 e. The molecule has 140 valence electrons. The van der Waals surface area contributed by atoms with Crippen molar-refractivity contribution in [2.24, 2.45) is 0 Å². The lowest BCUT2D eigenvalue weighted by Gasteiger charge is -2.06. The molecule has 3 rings (SSSR count). The molecule has 0 saturated carbocycles. The van der Waals surface area contributed by atoms with Gasteiger partial charge in [-0.25, -0.2) is 14.4 Å². The first-order valence-corrected chi connectivity index (χ1v) is 9.82. The zero-order chi connectivity index (χ0) is 19.4. The minimum absolute atomic E-state index is 0.0782. The Morgan fingerprint density at radius 1 is 1.26 bits per heavy atom. The van der Waals surface area contributed by atoms with Crippen LogP contribution in [0.25, 0.3) is 10.9 Å². The number of aromatic nitrogens is 2. The highest BCUT2D eigenvalue weighted by atomic mass is 32.2. The van der Waals surface area contributed by atoms with Crippen molar-refractivity contribution < 1.29 is 19.1 Å². The Balaban J connectivity index is 1.69. The lowest BCUT2D eigenvalue weighted by molar-refractivity contribution is -0.123. The van der Waals surface area contributed by atoms with Crippen molar-refractivity contribution in [3.05, 3.63) is 51.7 Å². The number of aliphatic hydroxyl groups excluding tert-OH is 1. The number of halogens is 1. The summed E-state index contributed by atoms with van der Waals surface area (Å²) in [6, 6.07) is 7.78. The van der Waals surface area contributed by atoms with E-state index >= 15 is 0 Å². The quantitative estimate of drug-likeness (QED) is 0.357. The van der Waals surface area contributed by atoms with Gasteiger partial charge in [0.05, 0.1) is 22.7 Å². The number of hydrogen-bond acceptors (Lipinski definition) is 7. The smallest absolute Gasteiger partial charge is 0.246 e. The van der Waals surface area contributed by atoms with Crippen LogP contribution < -0.4 is 5.32 Å². The van der Waals surface area contributed by atoms with Crippen LogP contribution in [0.2, 0.25) is 0 Å². The van der Waals surface area contributed by atoms with E-state index in [-0.39, 0.29) is 23.9 Å². The predicted octanol–water partition coefficient (Wildman–Crippen LogP) is 2.72. The molecule has 0 atom stereocenters. The predicted molar refractivity (Wildman–Crippen MR) is 103 cm³/mol. The standard InChI is InChI=1S/C18H16FN3O3S2/c1-10-21-14-4-2-11(19)6-13(14)18(22-10)26-9-15(24)16-5-3-12(27-16)7-20-17(25)8-23/h2-6,23H,7-9H2,1H3,(H,20,25). The molecular weight excluding hydrogens is 389 g/mol. The van der Waals surface area contributed by atoms with Crippen LogP contribution >= 0.6 is 23.1 Å². The highest BCUT2D eigenvalue weighted by molar-refractivity contribution is 8.00. The number of thioether (sulfide) groups is 1. The molecule has 6 nitrogen and oxygen atoms in total. The number of ketones is 1. The molecule has 1 aromatic carbocycles. The summed E-state index contributed by atoms with van der Waals surface area (Å²) in [5, 5.41) is 12.4. The van der Waals surface area contributed by atoms with Gasteiger partial charge in [0.2, 0.25) is 5.91 Å². The summed E-state index contributed by atoms with van der Waals surface area (Å²) in [5.74, 6) is -0.209. The molecule has 0 fully saturated rings. The fraction of sp³-hybridized carbons (Fsp3) is 0.222. The van der Waals surface area contributed by atoms with Gasteiger partial charge in [0.1, 0.15) is 23.3 Å². The molecule has 0 aliphatic carbocycles. The van der Waals surface area contributed by atoms with Crippen molar-refractivity contribution in [2.75, 3.05) is 12.4 Å². The first-order valence-electron chi connectivity index (χ1n) is 8.02. The van der Waals surface area contributed by atoms with Crippen molar-refractivity contribution in [3.63, 3.8) is 0 Å². The van der Waals surface area contributed by atoms with Gasteiger partial charge in [-0.05, 0) is 37.3 Å². The third-order valence-electron chi connectivity index (χ3n) is 3.61. The lowest BCUT2D eigenvalue weighted by Crippen LogP contribution is -2.25. The number of amides is 1. The van der Waals surface area contributed by atoms with Gasteiger partial charge in [0, 0.05) is 10.3 Å². The van der Waals surface area contributed by atoms with Gasteiger partial charge in [-0.3, -0.25) is 9.59 Å². The monoisotopic (exact) mass is 405 g/mol. The molecule has 2 N–H and O–H groups in total. The number of nitrogens with zero attached hydrogens (tertiary/aromatic N) is 2. The molecule has 0 radical (unpaired) electrons. The summed E-state index contributed by atoms with van der Waals surface area (Å²) < 4.78 is 13.6. The van der Waals surface area contributed by atoms with Crippen molar-refractivity contribution in [3.8, 4) is 0 Å². The second-order valence-electron chi connectivity index (χ2n) is 5.65. The van der Waals surface area contributed by atoms with Crippen LogP contribution in [0.3, 0.4) is 0 Å². The van der Waals surface area contributed by atoms with Crippen molar-refractivity contribution in [2.45, 2.75) is 18.5 Å². The number of thiophene rings is 1. The van der Waals surface area contributed by atoms with Crippen LogP contribution in [0.4, 0.5) is 4.39 Å². The van der Waals surface area contributed by atoms with Gasteiger partial charge in [0.15, 0.2) is 5.78 Å². The summed E-state index contributed by atoms with van der Waals surface area (Å²) in [6.07, 6.45) is 0. The average Bonchev–Trinajstić information content (AvgIpc) is 3.13. The van der Waals surface area contributed by atoms with Gasteiger partial charge >= 0.3 is 0 Å². The lowest BCUT2D eigenvalue weighted by atomic mass is 10.2. The Morgan fingerprint density at radius 3 is 2.85 bits per heavy atom. The van der Waals surface area contributed by atoms with Gasteiger partial charge in [-0.1, -0.05) is 11.8 Å². The van der Waals surface area contributed by atoms with E-state index in [2.05, 4.69) is 15.3 Å².